The van der Waals surface area contributed by atoms with E-state index in [9.17, 15) is 4.79 Å². The second kappa shape index (κ2) is 12.8. The molecule has 4 aromatic rings. The fourth-order valence-electron chi connectivity index (χ4n) is 4.80. The summed E-state index contributed by atoms with van der Waals surface area (Å²) in [6, 6.07) is 26.6. The third kappa shape index (κ3) is 6.26. The van der Waals surface area contributed by atoms with Crippen molar-refractivity contribution in [3.8, 4) is 16.9 Å². The Labute approximate surface area is 227 Å². The number of amides is 1. The number of ether oxygens (including phenoxy) is 2. The van der Waals surface area contributed by atoms with E-state index >= 15 is 0 Å². The molecular weight excluding hydrogens is 496 g/mol. The van der Waals surface area contributed by atoms with Crippen LogP contribution in [0.5, 0.6) is 5.75 Å². The van der Waals surface area contributed by atoms with Crippen LogP contribution in [-0.4, -0.2) is 40.1 Å². The average molecular weight is 529 g/mol. The third-order valence-corrected chi connectivity index (χ3v) is 7.64. The highest BCUT2D eigenvalue weighted by Gasteiger charge is 2.22. The molecule has 1 aliphatic carbocycles. The first-order valence-corrected chi connectivity index (χ1v) is 13.9. The number of para-hydroxylation sites is 1. The van der Waals surface area contributed by atoms with Crippen LogP contribution in [0.4, 0.5) is 0 Å². The van der Waals surface area contributed by atoms with Gasteiger partial charge in [0.05, 0.1) is 18.4 Å². The molecule has 3 aromatic carbocycles. The number of fused-ring (bicyclic) bond motifs is 1. The van der Waals surface area contributed by atoms with Gasteiger partial charge in [-0.1, -0.05) is 84.6 Å². The number of aryl methyl sites for hydroxylation is 1. The summed E-state index contributed by atoms with van der Waals surface area (Å²) in [7, 11) is 1.67. The van der Waals surface area contributed by atoms with Crippen molar-refractivity contribution in [1.82, 2.24) is 20.1 Å². The lowest BCUT2D eigenvalue weighted by atomic mass is 9.88. The molecule has 1 aliphatic rings. The summed E-state index contributed by atoms with van der Waals surface area (Å²) < 4.78 is 13.5. The molecule has 0 bridgehead atoms. The zero-order chi connectivity index (χ0) is 26.2. The number of methoxy groups -OCH3 is 1. The minimum absolute atomic E-state index is 0.00687. The van der Waals surface area contributed by atoms with Crippen molar-refractivity contribution in [3.63, 3.8) is 0 Å². The van der Waals surface area contributed by atoms with Crippen molar-refractivity contribution in [2.75, 3.05) is 19.5 Å². The van der Waals surface area contributed by atoms with E-state index in [2.05, 4.69) is 45.8 Å². The van der Waals surface area contributed by atoms with Crippen LogP contribution in [-0.2, 0) is 29.1 Å². The number of hydrogen-bond acceptors (Lipinski definition) is 6. The van der Waals surface area contributed by atoms with Gasteiger partial charge < -0.3 is 19.4 Å². The highest BCUT2D eigenvalue weighted by Crippen LogP contribution is 2.31. The zero-order valence-corrected chi connectivity index (χ0v) is 22.3. The number of aromatic nitrogens is 3. The minimum Gasteiger partial charge on any atom is -0.485 e. The van der Waals surface area contributed by atoms with Gasteiger partial charge in [-0.25, -0.2) is 0 Å². The van der Waals surface area contributed by atoms with Gasteiger partial charge in [0.2, 0.25) is 5.91 Å². The molecule has 1 N–H and O–H groups in total. The molecular formula is C30H32N4O3S. The molecule has 1 aromatic heterocycles. The van der Waals surface area contributed by atoms with E-state index in [1.165, 1.54) is 22.9 Å². The van der Waals surface area contributed by atoms with Gasteiger partial charge in [0.1, 0.15) is 12.4 Å². The van der Waals surface area contributed by atoms with Crippen molar-refractivity contribution in [2.24, 2.45) is 0 Å². The molecule has 1 unspecified atom stereocenters. The SMILES string of the molecule is COCCn1c(COc2ccccc2-c2ccccc2)nnc1SCC(=O)NC1CCCc2ccccc21. The van der Waals surface area contributed by atoms with Crippen LogP contribution in [0.15, 0.2) is 84.0 Å². The van der Waals surface area contributed by atoms with Crippen molar-refractivity contribution < 1.29 is 14.3 Å². The van der Waals surface area contributed by atoms with Gasteiger partial charge in [0, 0.05) is 19.2 Å². The number of nitrogens with zero attached hydrogens (tertiary/aromatic N) is 3. The third-order valence-electron chi connectivity index (χ3n) is 6.68. The van der Waals surface area contributed by atoms with Crippen molar-refractivity contribution >= 4 is 17.7 Å². The Morgan fingerprint density at radius 3 is 2.68 bits per heavy atom. The lowest BCUT2D eigenvalue weighted by Crippen LogP contribution is -2.32. The van der Waals surface area contributed by atoms with Gasteiger partial charge in [-0.05, 0) is 42.0 Å². The first-order chi connectivity index (χ1) is 18.7. The number of thioether (sulfide) groups is 1. The predicted molar refractivity (Wildman–Crippen MR) is 149 cm³/mol. The smallest absolute Gasteiger partial charge is 0.230 e. The Morgan fingerprint density at radius 2 is 1.82 bits per heavy atom. The van der Waals surface area contributed by atoms with Gasteiger partial charge in [0.15, 0.2) is 11.0 Å². The predicted octanol–water partition coefficient (Wildman–Crippen LogP) is 5.46. The number of nitrogens with one attached hydrogen (secondary N) is 1. The van der Waals surface area contributed by atoms with Gasteiger partial charge in [0.25, 0.3) is 0 Å². The minimum atomic E-state index is -0.00687. The molecule has 0 aliphatic heterocycles. The van der Waals surface area contributed by atoms with Crippen LogP contribution < -0.4 is 10.1 Å². The molecule has 1 heterocycles. The number of carbonyl (C=O) groups excluding carboxylic acids is 1. The number of hydrogen-bond donors (Lipinski definition) is 1. The largest absolute Gasteiger partial charge is 0.485 e. The topological polar surface area (TPSA) is 78.3 Å². The molecule has 0 saturated heterocycles. The van der Waals surface area contributed by atoms with E-state index in [4.69, 9.17) is 9.47 Å². The Balaban J connectivity index is 1.24. The highest BCUT2D eigenvalue weighted by atomic mass is 32.2. The van der Waals surface area contributed by atoms with Crippen LogP contribution in [0, 0.1) is 0 Å². The van der Waals surface area contributed by atoms with E-state index in [1.54, 1.807) is 7.11 Å². The summed E-state index contributed by atoms with van der Waals surface area (Å²) in [6.45, 7) is 1.33. The lowest BCUT2D eigenvalue weighted by molar-refractivity contribution is -0.119. The summed E-state index contributed by atoms with van der Waals surface area (Å²) in [5.74, 6) is 1.73. The Kier molecular flexibility index (Phi) is 8.73. The Bertz CT molecular complexity index is 1360. The summed E-state index contributed by atoms with van der Waals surface area (Å²) in [5.41, 5.74) is 4.67. The number of carbonyl (C=O) groups is 1. The first-order valence-electron chi connectivity index (χ1n) is 12.9. The van der Waals surface area contributed by atoms with Crippen molar-refractivity contribution in [2.45, 2.75) is 43.6 Å². The zero-order valence-electron chi connectivity index (χ0n) is 21.5. The number of benzene rings is 3. The summed E-state index contributed by atoms with van der Waals surface area (Å²) in [6.07, 6.45) is 3.11. The highest BCUT2D eigenvalue weighted by molar-refractivity contribution is 7.99. The molecule has 0 fully saturated rings. The second-order valence-corrected chi connectivity index (χ2v) is 10.1. The molecule has 0 spiro atoms. The van der Waals surface area contributed by atoms with Gasteiger partial charge in [-0.15, -0.1) is 10.2 Å². The summed E-state index contributed by atoms with van der Waals surface area (Å²) in [5, 5.41) is 12.7. The van der Waals surface area contributed by atoms with Crippen molar-refractivity contribution in [3.05, 3.63) is 95.8 Å². The molecule has 1 amide bonds. The normalized spacial score (nSPS) is 14.6. The van der Waals surface area contributed by atoms with Crippen LogP contribution >= 0.6 is 11.8 Å². The van der Waals surface area contributed by atoms with E-state index in [0.29, 0.717) is 24.1 Å². The van der Waals surface area contributed by atoms with Crippen molar-refractivity contribution in [1.29, 1.82) is 0 Å². The van der Waals surface area contributed by atoms with Gasteiger partial charge in [-0.3, -0.25) is 4.79 Å². The van der Waals surface area contributed by atoms with Crippen LogP contribution in [0.2, 0.25) is 0 Å². The van der Waals surface area contributed by atoms with Crippen LogP contribution in [0.25, 0.3) is 11.1 Å². The number of rotatable bonds is 11. The first kappa shape index (κ1) is 26.0. The molecule has 38 heavy (non-hydrogen) atoms. The fraction of sp³-hybridized carbons (Fsp3) is 0.300. The van der Waals surface area contributed by atoms with E-state index in [-0.39, 0.29) is 24.3 Å². The van der Waals surface area contributed by atoms with E-state index in [1.807, 2.05) is 53.1 Å². The second-order valence-electron chi connectivity index (χ2n) is 9.19. The maximum atomic E-state index is 12.9. The molecule has 7 nitrogen and oxygen atoms in total. The molecule has 8 heteroatoms. The van der Waals surface area contributed by atoms with E-state index in [0.717, 1.165) is 36.1 Å². The summed E-state index contributed by atoms with van der Waals surface area (Å²) in [4.78, 5) is 12.9. The Morgan fingerprint density at radius 1 is 1.03 bits per heavy atom. The fourth-order valence-corrected chi connectivity index (χ4v) is 5.60. The van der Waals surface area contributed by atoms with E-state index < -0.39 is 0 Å². The molecule has 0 saturated carbocycles. The summed E-state index contributed by atoms with van der Waals surface area (Å²) >= 11 is 1.38. The average Bonchev–Trinajstić information content (AvgIpc) is 3.36. The van der Waals surface area contributed by atoms with Crippen LogP contribution in [0.1, 0.15) is 35.8 Å². The Hall–Kier alpha value is -3.62. The molecule has 1 atom stereocenters. The van der Waals surface area contributed by atoms with Gasteiger partial charge in [-0.2, -0.15) is 0 Å². The standard InChI is InChI=1S/C30H32N4O3S/c1-36-19-18-34-28(20-37-27-17-8-7-15-25(27)23-10-3-2-4-11-23)32-33-30(34)38-21-29(35)31-26-16-9-13-22-12-5-6-14-24(22)26/h2-8,10-12,14-15,17,26H,9,13,16,18-21H2,1H3,(H,31,35). The van der Waals surface area contributed by atoms with Crippen LogP contribution in [0.3, 0.4) is 0 Å². The molecule has 5 rings (SSSR count). The maximum absolute atomic E-state index is 12.9. The molecule has 196 valence electrons. The molecule has 0 radical (unpaired) electrons. The lowest BCUT2D eigenvalue weighted by Gasteiger charge is -2.26. The van der Waals surface area contributed by atoms with Gasteiger partial charge >= 0.3 is 0 Å². The monoisotopic (exact) mass is 528 g/mol. The quantitative estimate of drug-likeness (QED) is 0.261. The maximum Gasteiger partial charge on any atom is 0.230 e.